The third kappa shape index (κ3) is 3.96. The number of hydrogen-bond donors (Lipinski definition) is 2. The van der Waals surface area contributed by atoms with Crippen LogP contribution >= 0.6 is 24.4 Å². The van der Waals surface area contributed by atoms with Crippen LogP contribution in [-0.4, -0.2) is 26.3 Å². The first-order valence-electron chi connectivity index (χ1n) is 7.52. The van der Waals surface area contributed by atoms with E-state index >= 15 is 0 Å². The van der Waals surface area contributed by atoms with Crippen molar-refractivity contribution in [1.29, 1.82) is 0 Å². The standard InChI is InChI=1S/C17H13F3N4OS2/c1-24-13-7-22-15(27-17(18,19)20)5-12(13)23-16(24)11-3-2-9(4-14(11)26)10(6-21)8-25/h2-8,26H,21H2,1H3. The number of halogens is 3. The van der Waals surface area contributed by atoms with Crippen LogP contribution in [0.25, 0.3) is 28.0 Å². The molecule has 0 saturated heterocycles. The molecule has 10 heteroatoms. The second-order valence-electron chi connectivity index (χ2n) is 5.53. The number of nitrogens with zero attached hydrogens (tertiary/aromatic N) is 3. The summed E-state index contributed by atoms with van der Waals surface area (Å²) in [5, 5.41) is -0.176. The summed E-state index contributed by atoms with van der Waals surface area (Å²) in [6, 6.07) is 6.40. The van der Waals surface area contributed by atoms with E-state index in [0.29, 0.717) is 44.7 Å². The molecule has 0 aliphatic carbocycles. The fourth-order valence-electron chi connectivity index (χ4n) is 2.59. The lowest BCUT2D eigenvalue weighted by Gasteiger charge is -2.08. The lowest BCUT2D eigenvalue weighted by molar-refractivity contribution is -0.103. The highest BCUT2D eigenvalue weighted by molar-refractivity contribution is 8.00. The first-order valence-corrected chi connectivity index (χ1v) is 8.79. The second-order valence-corrected chi connectivity index (χ2v) is 7.09. The molecule has 0 fully saturated rings. The topological polar surface area (TPSA) is 73.8 Å². The van der Waals surface area contributed by atoms with Gasteiger partial charge in [-0.05, 0) is 23.8 Å². The fourth-order valence-corrected chi connectivity index (χ4v) is 3.42. The van der Waals surface area contributed by atoms with Crippen LogP contribution in [0.4, 0.5) is 13.2 Å². The number of alkyl halides is 3. The average Bonchev–Trinajstić information content (AvgIpc) is 2.91. The number of fused-ring (bicyclic) bond motifs is 1. The van der Waals surface area contributed by atoms with Crippen LogP contribution in [0, 0.1) is 0 Å². The van der Waals surface area contributed by atoms with E-state index in [0.717, 1.165) is 0 Å². The summed E-state index contributed by atoms with van der Waals surface area (Å²) in [7, 11) is 1.74. The zero-order chi connectivity index (χ0) is 19.8. The number of imidazole rings is 1. The number of carbonyl (C=O) groups is 1. The number of aromatic nitrogens is 3. The minimum atomic E-state index is -4.42. The molecule has 0 unspecified atom stereocenters. The number of rotatable bonds is 4. The van der Waals surface area contributed by atoms with Crippen molar-refractivity contribution < 1.29 is 18.0 Å². The number of aldehydes is 1. The van der Waals surface area contributed by atoms with Crippen molar-refractivity contribution >= 4 is 47.3 Å². The van der Waals surface area contributed by atoms with Crippen molar-refractivity contribution in [3.8, 4) is 11.4 Å². The number of nitrogens with two attached hydrogens (primary N) is 1. The van der Waals surface area contributed by atoms with Gasteiger partial charge in [-0.2, -0.15) is 13.2 Å². The van der Waals surface area contributed by atoms with Crippen molar-refractivity contribution in [3.63, 3.8) is 0 Å². The van der Waals surface area contributed by atoms with Crippen LogP contribution in [0.15, 0.2) is 46.6 Å². The van der Waals surface area contributed by atoms with Gasteiger partial charge in [0.1, 0.15) is 10.9 Å². The van der Waals surface area contributed by atoms with Crippen LogP contribution in [-0.2, 0) is 11.8 Å². The molecule has 0 saturated carbocycles. The third-order valence-corrected chi connectivity index (χ3v) is 4.87. The Morgan fingerprint density at radius 2 is 2.07 bits per heavy atom. The van der Waals surface area contributed by atoms with Crippen LogP contribution in [0.5, 0.6) is 0 Å². The first kappa shape index (κ1) is 19.3. The molecule has 2 heterocycles. The predicted molar refractivity (Wildman–Crippen MR) is 101 cm³/mol. The normalized spacial score (nSPS) is 12.6. The van der Waals surface area contributed by atoms with Crippen LogP contribution in [0.3, 0.4) is 0 Å². The average molecular weight is 410 g/mol. The van der Waals surface area contributed by atoms with E-state index < -0.39 is 5.51 Å². The van der Waals surface area contributed by atoms with Gasteiger partial charge in [-0.1, -0.05) is 6.07 Å². The van der Waals surface area contributed by atoms with Crippen LogP contribution in [0.2, 0.25) is 0 Å². The van der Waals surface area contributed by atoms with Crippen molar-refractivity contribution in [2.45, 2.75) is 15.4 Å². The Bertz CT molecular complexity index is 1060. The van der Waals surface area contributed by atoms with Gasteiger partial charge < -0.3 is 10.3 Å². The molecule has 27 heavy (non-hydrogen) atoms. The summed E-state index contributed by atoms with van der Waals surface area (Å²) < 4.78 is 39.4. The maximum absolute atomic E-state index is 12.6. The van der Waals surface area contributed by atoms with Crippen molar-refractivity contribution in [1.82, 2.24) is 14.5 Å². The largest absolute Gasteiger partial charge is 0.447 e. The molecule has 0 aliphatic rings. The number of aryl methyl sites for hydroxylation is 1. The van der Waals surface area contributed by atoms with Crippen molar-refractivity contribution in [2.24, 2.45) is 12.8 Å². The van der Waals surface area contributed by atoms with E-state index in [1.807, 2.05) is 0 Å². The molecule has 1 aromatic carbocycles. The molecular weight excluding hydrogens is 397 g/mol. The molecule has 0 atom stereocenters. The van der Waals surface area contributed by atoms with Gasteiger partial charge in [0.05, 0.1) is 17.2 Å². The van der Waals surface area contributed by atoms with Crippen LogP contribution in [0.1, 0.15) is 5.56 Å². The molecule has 0 bridgehead atoms. The van der Waals surface area contributed by atoms with Gasteiger partial charge in [-0.25, -0.2) is 9.97 Å². The SMILES string of the molecule is Cn1c(-c2ccc(C(C=O)=CN)cc2S)nc2cc(SC(F)(F)F)ncc21. The summed E-state index contributed by atoms with van der Waals surface area (Å²) >= 11 is 4.16. The van der Waals surface area contributed by atoms with Gasteiger partial charge in [0.25, 0.3) is 0 Å². The highest BCUT2D eigenvalue weighted by atomic mass is 32.2. The second kappa shape index (κ2) is 7.28. The maximum atomic E-state index is 12.6. The zero-order valence-electron chi connectivity index (χ0n) is 13.9. The van der Waals surface area contributed by atoms with Crippen LogP contribution < -0.4 is 5.73 Å². The summed E-state index contributed by atoms with van der Waals surface area (Å²) in [4.78, 5) is 19.9. The van der Waals surface area contributed by atoms with E-state index in [1.54, 1.807) is 29.8 Å². The summed E-state index contributed by atoms with van der Waals surface area (Å²) in [6.07, 6.45) is 3.20. The number of thiol groups is 1. The number of benzene rings is 1. The van der Waals surface area contributed by atoms with E-state index in [9.17, 15) is 18.0 Å². The van der Waals surface area contributed by atoms with Crippen molar-refractivity contribution in [3.05, 3.63) is 42.2 Å². The number of allylic oxidation sites excluding steroid dienone is 1. The number of thioether (sulfide) groups is 1. The molecule has 140 valence electrons. The minimum Gasteiger partial charge on any atom is -0.404 e. The van der Waals surface area contributed by atoms with Gasteiger partial charge in [-0.3, -0.25) is 4.79 Å². The lowest BCUT2D eigenvalue weighted by Crippen LogP contribution is -2.00. The maximum Gasteiger partial charge on any atom is 0.447 e. The molecule has 0 aliphatic heterocycles. The third-order valence-electron chi connectivity index (χ3n) is 3.84. The molecule has 3 aromatic rings. The molecular formula is C17H13F3N4OS2. The predicted octanol–water partition coefficient (Wildman–Crippen LogP) is 4.03. The quantitative estimate of drug-likeness (QED) is 0.294. The lowest BCUT2D eigenvalue weighted by atomic mass is 10.1. The monoisotopic (exact) mass is 410 g/mol. The Labute approximate surface area is 161 Å². The Morgan fingerprint density at radius 1 is 1.33 bits per heavy atom. The number of carbonyl (C=O) groups excluding carboxylic acids is 1. The summed E-state index contributed by atoms with van der Waals surface area (Å²) in [5.74, 6) is 0.516. The van der Waals surface area contributed by atoms with Crippen molar-refractivity contribution in [2.75, 3.05) is 0 Å². The van der Waals surface area contributed by atoms with Gasteiger partial charge in [0.2, 0.25) is 0 Å². The molecule has 2 N–H and O–H groups in total. The van der Waals surface area contributed by atoms with Gasteiger partial charge in [0.15, 0.2) is 6.29 Å². The Morgan fingerprint density at radius 3 is 2.67 bits per heavy atom. The van der Waals surface area contributed by atoms with E-state index in [1.165, 1.54) is 18.5 Å². The highest BCUT2D eigenvalue weighted by Gasteiger charge is 2.30. The summed E-state index contributed by atoms with van der Waals surface area (Å²) in [5.41, 5.74) is 3.57. The van der Waals surface area contributed by atoms with E-state index in [-0.39, 0.29) is 16.8 Å². The van der Waals surface area contributed by atoms with Gasteiger partial charge in [-0.15, -0.1) is 12.6 Å². The number of pyridine rings is 1. The summed E-state index contributed by atoms with van der Waals surface area (Å²) in [6.45, 7) is 0. The minimum absolute atomic E-state index is 0.176. The first-order chi connectivity index (χ1) is 12.7. The molecule has 0 amide bonds. The molecule has 0 radical (unpaired) electrons. The molecule has 2 aromatic heterocycles. The zero-order valence-corrected chi connectivity index (χ0v) is 15.6. The van der Waals surface area contributed by atoms with Gasteiger partial charge >= 0.3 is 5.51 Å². The smallest absolute Gasteiger partial charge is 0.404 e. The van der Waals surface area contributed by atoms with E-state index in [4.69, 9.17) is 5.73 Å². The molecule has 5 nitrogen and oxygen atoms in total. The van der Waals surface area contributed by atoms with E-state index in [2.05, 4.69) is 22.6 Å². The Balaban J connectivity index is 2.07. The molecule has 3 rings (SSSR count). The Kier molecular flexibility index (Phi) is 5.20. The van der Waals surface area contributed by atoms with Gasteiger partial charge in [0, 0.05) is 41.0 Å². The molecule has 0 spiro atoms. The fraction of sp³-hybridized carbons (Fsp3) is 0.118. The Hall–Kier alpha value is -2.46. The number of hydrogen-bond acceptors (Lipinski definition) is 6. The highest BCUT2D eigenvalue weighted by Crippen LogP contribution is 2.37.